The van der Waals surface area contributed by atoms with Crippen molar-refractivity contribution in [1.82, 2.24) is 4.90 Å². The molecule has 1 heterocycles. The van der Waals surface area contributed by atoms with E-state index in [1.807, 2.05) is 19.1 Å². The molecule has 0 aromatic heterocycles. The van der Waals surface area contributed by atoms with E-state index >= 15 is 0 Å². The van der Waals surface area contributed by atoms with Gasteiger partial charge >= 0.3 is 0 Å². The summed E-state index contributed by atoms with van der Waals surface area (Å²) in [6.07, 6.45) is 3.24. The maximum absolute atomic E-state index is 12.1. The molecule has 1 saturated heterocycles. The Labute approximate surface area is 104 Å². The molecule has 0 aliphatic carbocycles. The number of nitrogens with zero attached hydrogens (tertiary/aromatic N) is 1. The highest BCUT2D eigenvalue weighted by Gasteiger charge is 2.14. The van der Waals surface area contributed by atoms with Crippen LogP contribution in [0.5, 0.6) is 0 Å². The Hall–Kier alpha value is -1.15. The van der Waals surface area contributed by atoms with E-state index in [9.17, 15) is 4.79 Å². The maximum Gasteiger partial charge on any atom is 0.164 e. The molecule has 0 atom stereocenters. The van der Waals surface area contributed by atoms with E-state index in [1.165, 1.54) is 31.5 Å². The molecule has 1 aliphatic rings. The van der Waals surface area contributed by atoms with Gasteiger partial charge in [0, 0.05) is 18.5 Å². The minimum Gasteiger partial charge on any atom is -0.303 e. The Balaban J connectivity index is 1.94. The summed E-state index contributed by atoms with van der Waals surface area (Å²) < 4.78 is 0. The van der Waals surface area contributed by atoms with Gasteiger partial charge in [-0.25, -0.2) is 0 Å². The molecule has 0 unspecified atom stereocenters. The molecule has 0 bridgehead atoms. The number of hydrogen-bond acceptors (Lipinski definition) is 2. The van der Waals surface area contributed by atoms with Gasteiger partial charge in [-0.05, 0) is 45.3 Å². The molecular weight excluding hydrogens is 210 g/mol. The lowest BCUT2D eigenvalue weighted by Gasteiger charge is -2.14. The molecule has 0 radical (unpaired) electrons. The highest BCUT2D eigenvalue weighted by atomic mass is 16.1. The zero-order chi connectivity index (χ0) is 12.3. The van der Waals surface area contributed by atoms with Crippen molar-refractivity contribution in [2.75, 3.05) is 19.6 Å². The number of aryl methyl sites for hydroxylation is 2. The molecule has 0 amide bonds. The zero-order valence-electron chi connectivity index (χ0n) is 10.8. The number of hydrogen-bond donors (Lipinski definition) is 0. The number of carbonyl (C=O) groups is 1. The minimum atomic E-state index is 0.286. The molecule has 1 aromatic carbocycles. The van der Waals surface area contributed by atoms with Crippen LogP contribution >= 0.6 is 0 Å². The number of Topliss-reactive ketones (excluding diaryl/α,β-unsaturated/α-hetero) is 1. The van der Waals surface area contributed by atoms with Gasteiger partial charge in [-0.1, -0.05) is 23.8 Å². The first-order chi connectivity index (χ1) is 8.16. The molecule has 2 heteroatoms. The van der Waals surface area contributed by atoms with Crippen molar-refractivity contribution in [1.29, 1.82) is 0 Å². The molecule has 2 rings (SSSR count). The zero-order valence-corrected chi connectivity index (χ0v) is 10.8. The highest BCUT2D eigenvalue weighted by molar-refractivity contribution is 5.97. The SMILES string of the molecule is Cc1ccc(C(=O)CCN2CCCC2)c(C)c1. The van der Waals surface area contributed by atoms with Gasteiger partial charge in [0.2, 0.25) is 0 Å². The quantitative estimate of drug-likeness (QED) is 0.742. The average molecular weight is 231 g/mol. The lowest BCUT2D eigenvalue weighted by atomic mass is 10.0. The standard InChI is InChI=1S/C15H21NO/c1-12-5-6-14(13(2)11-12)15(17)7-10-16-8-3-4-9-16/h5-6,11H,3-4,7-10H2,1-2H3. The largest absolute Gasteiger partial charge is 0.303 e. The molecular formula is C15H21NO. The van der Waals surface area contributed by atoms with Crippen LogP contribution in [0.1, 0.15) is 40.7 Å². The van der Waals surface area contributed by atoms with Gasteiger partial charge in [-0.2, -0.15) is 0 Å². The smallest absolute Gasteiger partial charge is 0.164 e. The summed E-state index contributed by atoms with van der Waals surface area (Å²) in [6, 6.07) is 6.08. The molecule has 92 valence electrons. The van der Waals surface area contributed by atoms with Crippen molar-refractivity contribution < 1.29 is 4.79 Å². The van der Waals surface area contributed by atoms with Gasteiger partial charge in [0.15, 0.2) is 5.78 Å². The number of ketones is 1. The predicted molar refractivity (Wildman–Crippen MR) is 70.5 cm³/mol. The van der Waals surface area contributed by atoms with E-state index in [-0.39, 0.29) is 5.78 Å². The third-order valence-corrected chi connectivity index (χ3v) is 3.54. The summed E-state index contributed by atoms with van der Waals surface area (Å²) in [5, 5.41) is 0. The lowest BCUT2D eigenvalue weighted by molar-refractivity contribution is 0.0968. The van der Waals surface area contributed by atoms with Gasteiger partial charge in [-0.3, -0.25) is 4.79 Å². The van der Waals surface area contributed by atoms with E-state index < -0.39 is 0 Å². The van der Waals surface area contributed by atoms with E-state index in [1.54, 1.807) is 0 Å². The molecule has 0 spiro atoms. The first-order valence-electron chi connectivity index (χ1n) is 6.49. The van der Waals surface area contributed by atoms with E-state index in [4.69, 9.17) is 0 Å². The third kappa shape index (κ3) is 3.16. The summed E-state index contributed by atoms with van der Waals surface area (Å²) in [7, 11) is 0. The van der Waals surface area contributed by atoms with Crippen LogP contribution < -0.4 is 0 Å². The van der Waals surface area contributed by atoms with Gasteiger partial charge in [-0.15, -0.1) is 0 Å². The topological polar surface area (TPSA) is 20.3 Å². The minimum absolute atomic E-state index is 0.286. The van der Waals surface area contributed by atoms with Crippen molar-refractivity contribution in [2.45, 2.75) is 33.1 Å². The van der Waals surface area contributed by atoms with Crippen LogP contribution in [0.25, 0.3) is 0 Å². The van der Waals surface area contributed by atoms with Crippen molar-refractivity contribution >= 4 is 5.78 Å². The highest BCUT2D eigenvalue weighted by Crippen LogP contribution is 2.14. The van der Waals surface area contributed by atoms with Crippen molar-refractivity contribution in [3.8, 4) is 0 Å². The molecule has 1 aromatic rings. The Kier molecular flexibility index (Phi) is 3.95. The van der Waals surface area contributed by atoms with Gasteiger partial charge in [0.25, 0.3) is 0 Å². The molecule has 0 saturated carbocycles. The first-order valence-corrected chi connectivity index (χ1v) is 6.49. The second kappa shape index (κ2) is 5.46. The second-order valence-corrected chi connectivity index (χ2v) is 5.04. The number of rotatable bonds is 4. The normalized spacial score (nSPS) is 16.4. The fourth-order valence-corrected chi connectivity index (χ4v) is 2.53. The number of carbonyl (C=O) groups excluding carboxylic acids is 1. The van der Waals surface area contributed by atoms with Crippen LogP contribution in [-0.2, 0) is 0 Å². The van der Waals surface area contributed by atoms with Crippen molar-refractivity contribution in [3.05, 3.63) is 34.9 Å². The van der Waals surface area contributed by atoms with Crippen LogP contribution in [0, 0.1) is 13.8 Å². The van der Waals surface area contributed by atoms with Crippen LogP contribution in [0.2, 0.25) is 0 Å². The fraction of sp³-hybridized carbons (Fsp3) is 0.533. The Morgan fingerprint density at radius 2 is 1.94 bits per heavy atom. The lowest BCUT2D eigenvalue weighted by Crippen LogP contribution is -2.22. The monoisotopic (exact) mass is 231 g/mol. The predicted octanol–water partition coefficient (Wildman–Crippen LogP) is 2.97. The second-order valence-electron chi connectivity index (χ2n) is 5.04. The molecule has 2 nitrogen and oxygen atoms in total. The number of likely N-dealkylation sites (tertiary alicyclic amines) is 1. The van der Waals surface area contributed by atoms with Crippen molar-refractivity contribution in [2.24, 2.45) is 0 Å². The number of benzene rings is 1. The molecule has 1 aliphatic heterocycles. The summed E-state index contributed by atoms with van der Waals surface area (Å²) in [6.45, 7) is 7.34. The van der Waals surface area contributed by atoms with Crippen molar-refractivity contribution in [3.63, 3.8) is 0 Å². The molecule has 0 N–H and O–H groups in total. The maximum atomic E-state index is 12.1. The fourth-order valence-electron chi connectivity index (χ4n) is 2.53. The molecule has 1 fully saturated rings. The Morgan fingerprint density at radius 1 is 1.24 bits per heavy atom. The third-order valence-electron chi connectivity index (χ3n) is 3.54. The van der Waals surface area contributed by atoms with Crippen LogP contribution in [-0.4, -0.2) is 30.3 Å². The van der Waals surface area contributed by atoms with Gasteiger partial charge in [0.1, 0.15) is 0 Å². The van der Waals surface area contributed by atoms with Crippen LogP contribution in [0.4, 0.5) is 0 Å². The van der Waals surface area contributed by atoms with Gasteiger partial charge < -0.3 is 4.90 Å². The van der Waals surface area contributed by atoms with E-state index in [2.05, 4.69) is 17.9 Å². The summed E-state index contributed by atoms with van der Waals surface area (Å²) >= 11 is 0. The van der Waals surface area contributed by atoms with Gasteiger partial charge in [0.05, 0.1) is 0 Å². The molecule has 17 heavy (non-hydrogen) atoms. The average Bonchev–Trinajstić information content (AvgIpc) is 2.78. The van der Waals surface area contributed by atoms with E-state index in [0.717, 1.165) is 17.7 Å². The summed E-state index contributed by atoms with van der Waals surface area (Å²) in [4.78, 5) is 14.5. The van der Waals surface area contributed by atoms with Crippen LogP contribution in [0.15, 0.2) is 18.2 Å². The Bertz CT molecular complexity index is 405. The van der Waals surface area contributed by atoms with E-state index in [0.29, 0.717) is 6.42 Å². The summed E-state index contributed by atoms with van der Waals surface area (Å²) in [5.41, 5.74) is 3.23. The van der Waals surface area contributed by atoms with Crippen LogP contribution in [0.3, 0.4) is 0 Å². The summed E-state index contributed by atoms with van der Waals surface area (Å²) in [5.74, 6) is 0.286. The first kappa shape index (κ1) is 12.3. The Morgan fingerprint density at radius 3 is 2.59 bits per heavy atom.